The van der Waals surface area contributed by atoms with E-state index in [4.69, 9.17) is 15.5 Å². The maximum atomic E-state index is 13.0. The van der Waals surface area contributed by atoms with Crippen LogP contribution < -0.4 is 10.5 Å². The first-order valence-corrected chi connectivity index (χ1v) is 10.3. The third-order valence-electron chi connectivity index (χ3n) is 5.46. The third kappa shape index (κ3) is 5.17. The molecule has 1 aromatic carbocycles. The summed E-state index contributed by atoms with van der Waals surface area (Å²) in [6.07, 6.45) is 3.64. The number of aryl methyl sites for hydroxylation is 1. The molecule has 1 aliphatic heterocycles. The molecule has 6 nitrogen and oxygen atoms in total. The van der Waals surface area contributed by atoms with E-state index < -0.39 is 0 Å². The molecule has 0 radical (unpaired) electrons. The summed E-state index contributed by atoms with van der Waals surface area (Å²) in [4.78, 5) is 23.4. The lowest BCUT2D eigenvalue weighted by molar-refractivity contribution is -0.134. The molecule has 0 saturated carbocycles. The zero-order valence-corrected chi connectivity index (χ0v) is 17.4. The summed E-state index contributed by atoms with van der Waals surface area (Å²) in [5.74, 6) is 0.704. The van der Waals surface area contributed by atoms with Crippen molar-refractivity contribution < 1.29 is 13.9 Å². The lowest BCUT2D eigenvalue weighted by atomic mass is 9.92. The first kappa shape index (κ1) is 20.8. The van der Waals surface area contributed by atoms with Gasteiger partial charge in [-0.25, -0.2) is 9.37 Å². The van der Waals surface area contributed by atoms with Crippen molar-refractivity contribution in [3.05, 3.63) is 71.9 Å². The number of anilines is 1. The number of nitrogens with zero attached hydrogens (tertiary/aromatic N) is 3. The molecule has 31 heavy (non-hydrogen) atoms. The predicted molar refractivity (Wildman–Crippen MR) is 117 cm³/mol. The van der Waals surface area contributed by atoms with E-state index in [1.165, 1.54) is 24.3 Å². The Kier molecular flexibility index (Phi) is 6.11. The fraction of sp³-hybridized carbons (Fsp3) is 0.292. The summed E-state index contributed by atoms with van der Waals surface area (Å²) in [6.45, 7) is 3.20. The average molecular weight is 420 g/mol. The van der Waals surface area contributed by atoms with Crippen LogP contribution in [0, 0.1) is 12.7 Å². The van der Waals surface area contributed by atoms with Gasteiger partial charge in [-0.2, -0.15) is 0 Å². The molecule has 0 spiro atoms. The Bertz CT molecular complexity index is 1050. The number of likely N-dealkylation sites (tertiary alicyclic amines) is 1. The number of hydrogen-bond donors (Lipinski definition) is 1. The Balaban J connectivity index is 1.44. The second kappa shape index (κ2) is 9.12. The summed E-state index contributed by atoms with van der Waals surface area (Å²) in [5.41, 5.74) is 9.63. The van der Waals surface area contributed by atoms with Gasteiger partial charge in [0.25, 0.3) is 5.91 Å². The standard InChI is InChI=1S/C24H25FN4O2/c1-16-11-19(17-4-9-23(26)27-13-17)12-22(28-16)18-3-2-10-29(14-18)24(30)15-31-21-7-5-20(25)6-8-21/h4-9,11-13,18H,2-3,10,14-15H2,1H3,(H2,26,27)/t18-/m1/s1. The van der Waals surface area contributed by atoms with Crippen LogP contribution in [0.15, 0.2) is 54.7 Å². The second-order valence-electron chi connectivity index (χ2n) is 7.82. The Morgan fingerprint density at radius 2 is 2.00 bits per heavy atom. The smallest absolute Gasteiger partial charge is 0.260 e. The average Bonchev–Trinajstić information content (AvgIpc) is 2.78. The minimum Gasteiger partial charge on any atom is -0.484 e. The lowest BCUT2D eigenvalue weighted by Gasteiger charge is -2.32. The summed E-state index contributed by atoms with van der Waals surface area (Å²) in [5, 5.41) is 0. The van der Waals surface area contributed by atoms with Gasteiger partial charge < -0.3 is 15.4 Å². The normalized spacial score (nSPS) is 16.2. The number of nitrogens with two attached hydrogens (primary N) is 1. The van der Waals surface area contributed by atoms with Gasteiger partial charge in [0, 0.05) is 42.2 Å². The van der Waals surface area contributed by atoms with Crippen molar-refractivity contribution in [1.82, 2.24) is 14.9 Å². The zero-order valence-electron chi connectivity index (χ0n) is 17.4. The minimum atomic E-state index is -0.336. The number of carbonyl (C=O) groups excluding carboxylic acids is 1. The fourth-order valence-corrected chi connectivity index (χ4v) is 3.86. The number of benzene rings is 1. The van der Waals surface area contributed by atoms with E-state index in [1.54, 1.807) is 12.3 Å². The zero-order chi connectivity index (χ0) is 21.8. The Labute approximate surface area is 180 Å². The summed E-state index contributed by atoms with van der Waals surface area (Å²) in [7, 11) is 0. The van der Waals surface area contributed by atoms with Crippen molar-refractivity contribution in [2.75, 3.05) is 25.4 Å². The van der Waals surface area contributed by atoms with Crippen molar-refractivity contribution in [1.29, 1.82) is 0 Å². The number of hydrogen-bond acceptors (Lipinski definition) is 5. The van der Waals surface area contributed by atoms with Crippen LogP contribution in [0.5, 0.6) is 5.75 Å². The number of nitrogen functional groups attached to an aromatic ring is 1. The Hall–Kier alpha value is -3.48. The van der Waals surface area contributed by atoms with Crippen LogP contribution in [-0.4, -0.2) is 40.5 Å². The molecule has 0 unspecified atom stereocenters. The van der Waals surface area contributed by atoms with E-state index in [0.29, 0.717) is 24.7 Å². The van der Waals surface area contributed by atoms with Gasteiger partial charge in [0.1, 0.15) is 17.4 Å². The highest BCUT2D eigenvalue weighted by atomic mass is 19.1. The predicted octanol–water partition coefficient (Wildman–Crippen LogP) is 3.96. The minimum absolute atomic E-state index is 0.0675. The number of piperidine rings is 1. The lowest BCUT2D eigenvalue weighted by Crippen LogP contribution is -2.41. The quantitative estimate of drug-likeness (QED) is 0.676. The second-order valence-corrected chi connectivity index (χ2v) is 7.82. The number of aromatic nitrogens is 2. The molecule has 1 fully saturated rings. The van der Waals surface area contributed by atoms with Crippen molar-refractivity contribution in [2.24, 2.45) is 0 Å². The maximum Gasteiger partial charge on any atom is 0.260 e. The number of carbonyl (C=O) groups is 1. The molecule has 1 amide bonds. The Morgan fingerprint density at radius 1 is 1.19 bits per heavy atom. The molecule has 1 atom stereocenters. The summed E-state index contributed by atoms with van der Waals surface area (Å²) in [6, 6.07) is 13.5. The molecule has 2 N–H and O–H groups in total. The van der Waals surface area contributed by atoms with Crippen LogP contribution in [0.25, 0.3) is 11.1 Å². The van der Waals surface area contributed by atoms with Gasteiger partial charge in [0.15, 0.2) is 6.61 Å². The number of rotatable bonds is 5. The molecule has 1 saturated heterocycles. The van der Waals surface area contributed by atoms with Crippen LogP contribution in [0.1, 0.15) is 30.1 Å². The molecule has 3 aromatic rings. The highest BCUT2D eigenvalue weighted by molar-refractivity contribution is 5.78. The van der Waals surface area contributed by atoms with Crippen LogP contribution in [0.2, 0.25) is 0 Å². The number of ether oxygens (including phenoxy) is 1. The van der Waals surface area contributed by atoms with Crippen LogP contribution in [-0.2, 0) is 4.79 Å². The molecule has 7 heteroatoms. The third-order valence-corrected chi connectivity index (χ3v) is 5.46. The van der Waals surface area contributed by atoms with Gasteiger partial charge in [-0.1, -0.05) is 0 Å². The van der Waals surface area contributed by atoms with Crippen molar-refractivity contribution >= 4 is 11.7 Å². The van der Waals surface area contributed by atoms with E-state index in [-0.39, 0.29) is 24.2 Å². The fourth-order valence-electron chi connectivity index (χ4n) is 3.86. The number of amides is 1. The van der Waals surface area contributed by atoms with Crippen molar-refractivity contribution in [3.63, 3.8) is 0 Å². The van der Waals surface area contributed by atoms with Gasteiger partial charge in [-0.05, 0) is 73.9 Å². The first-order valence-electron chi connectivity index (χ1n) is 10.3. The molecule has 3 heterocycles. The van der Waals surface area contributed by atoms with Crippen molar-refractivity contribution in [3.8, 4) is 16.9 Å². The first-order chi connectivity index (χ1) is 15.0. The van der Waals surface area contributed by atoms with Gasteiger partial charge in [0.2, 0.25) is 0 Å². The van der Waals surface area contributed by atoms with Crippen LogP contribution in [0.3, 0.4) is 0 Å². The molecule has 4 rings (SSSR count). The summed E-state index contributed by atoms with van der Waals surface area (Å²) < 4.78 is 18.5. The highest BCUT2D eigenvalue weighted by Crippen LogP contribution is 2.29. The molecule has 2 aromatic heterocycles. The van der Waals surface area contributed by atoms with Crippen LogP contribution >= 0.6 is 0 Å². The molecular weight excluding hydrogens is 395 g/mol. The maximum absolute atomic E-state index is 13.0. The van der Waals surface area contributed by atoms with Gasteiger partial charge in [-0.3, -0.25) is 9.78 Å². The highest BCUT2D eigenvalue weighted by Gasteiger charge is 2.26. The molecule has 0 aliphatic carbocycles. The van der Waals surface area contributed by atoms with E-state index >= 15 is 0 Å². The van der Waals surface area contributed by atoms with Gasteiger partial charge >= 0.3 is 0 Å². The van der Waals surface area contributed by atoms with Gasteiger partial charge in [0.05, 0.1) is 0 Å². The topological polar surface area (TPSA) is 81.3 Å². The summed E-state index contributed by atoms with van der Waals surface area (Å²) >= 11 is 0. The van der Waals surface area contributed by atoms with Gasteiger partial charge in [-0.15, -0.1) is 0 Å². The largest absolute Gasteiger partial charge is 0.484 e. The number of pyridine rings is 2. The Morgan fingerprint density at radius 3 is 2.74 bits per heavy atom. The molecular formula is C24H25FN4O2. The monoisotopic (exact) mass is 420 g/mol. The number of halogens is 1. The van der Waals surface area contributed by atoms with E-state index in [0.717, 1.165) is 35.4 Å². The molecule has 0 bridgehead atoms. The SMILES string of the molecule is Cc1cc(-c2ccc(N)nc2)cc([C@@H]2CCCN(C(=O)COc3ccc(F)cc3)C2)n1. The van der Waals surface area contributed by atoms with E-state index in [9.17, 15) is 9.18 Å². The van der Waals surface area contributed by atoms with E-state index in [1.807, 2.05) is 24.0 Å². The molecule has 160 valence electrons. The molecule has 1 aliphatic rings. The van der Waals surface area contributed by atoms with E-state index in [2.05, 4.69) is 11.1 Å². The van der Waals surface area contributed by atoms with Crippen molar-refractivity contribution in [2.45, 2.75) is 25.7 Å². The van der Waals surface area contributed by atoms with Crippen LogP contribution in [0.4, 0.5) is 10.2 Å².